The van der Waals surface area contributed by atoms with Gasteiger partial charge in [-0.2, -0.15) is 0 Å². The summed E-state index contributed by atoms with van der Waals surface area (Å²) in [5, 5.41) is 9.02. The Kier molecular flexibility index (Phi) is 3.74. The number of hydrogen-bond donors (Lipinski definition) is 1. The van der Waals surface area contributed by atoms with Gasteiger partial charge in [0.2, 0.25) is 0 Å². The summed E-state index contributed by atoms with van der Waals surface area (Å²) in [6.07, 6.45) is -4.66. The zero-order valence-electron chi connectivity index (χ0n) is 7.98. The maximum absolute atomic E-state index is 12.1. The Morgan fingerprint density at radius 1 is 1.33 bits per heavy atom. The fourth-order valence-electron chi connectivity index (χ4n) is 1.08. The second-order valence-electron chi connectivity index (χ2n) is 2.89. The van der Waals surface area contributed by atoms with Gasteiger partial charge in [0.25, 0.3) is 6.43 Å². The summed E-state index contributed by atoms with van der Waals surface area (Å²) < 4.78 is 28.6. The monoisotopic (exact) mass is 216 g/mol. The second-order valence-corrected chi connectivity index (χ2v) is 2.89. The van der Waals surface area contributed by atoms with E-state index in [4.69, 9.17) is 5.11 Å². The van der Waals surface area contributed by atoms with Crippen LogP contribution in [0.1, 0.15) is 22.0 Å². The van der Waals surface area contributed by atoms with Gasteiger partial charge in [0.1, 0.15) is 6.10 Å². The molecule has 1 atom stereocenters. The van der Waals surface area contributed by atoms with E-state index in [1.54, 1.807) is 0 Å². The van der Waals surface area contributed by atoms with Crippen LogP contribution in [0.5, 0.6) is 0 Å². The number of aliphatic hydroxyl groups excluding tert-OH is 1. The van der Waals surface area contributed by atoms with E-state index >= 15 is 0 Å². The Morgan fingerprint density at radius 2 is 1.87 bits per heavy atom. The molecule has 0 heterocycles. The summed E-state index contributed by atoms with van der Waals surface area (Å²) in [6, 6.07) is 5.19. The van der Waals surface area contributed by atoms with Gasteiger partial charge in [0.15, 0.2) is 0 Å². The van der Waals surface area contributed by atoms with Gasteiger partial charge in [-0.25, -0.2) is 13.6 Å². The number of methoxy groups -OCH3 is 1. The average Bonchev–Trinajstić information content (AvgIpc) is 2.27. The maximum atomic E-state index is 12.1. The third-order valence-electron chi connectivity index (χ3n) is 1.91. The lowest BCUT2D eigenvalue weighted by Crippen LogP contribution is -2.08. The van der Waals surface area contributed by atoms with Crippen LogP contribution in [0.4, 0.5) is 8.78 Å². The highest BCUT2D eigenvalue weighted by Gasteiger charge is 2.19. The first-order valence-electron chi connectivity index (χ1n) is 4.20. The van der Waals surface area contributed by atoms with Gasteiger partial charge < -0.3 is 9.84 Å². The van der Waals surface area contributed by atoms with Gasteiger partial charge in [0.05, 0.1) is 12.7 Å². The number of esters is 1. The van der Waals surface area contributed by atoms with Crippen molar-refractivity contribution in [1.29, 1.82) is 0 Å². The van der Waals surface area contributed by atoms with E-state index < -0.39 is 18.5 Å². The van der Waals surface area contributed by atoms with Crippen molar-refractivity contribution in [2.45, 2.75) is 12.5 Å². The third-order valence-corrected chi connectivity index (χ3v) is 1.91. The number of benzene rings is 1. The van der Waals surface area contributed by atoms with Crippen LogP contribution in [-0.2, 0) is 4.74 Å². The normalized spacial score (nSPS) is 12.6. The van der Waals surface area contributed by atoms with Crippen molar-refractivity contribution in [3.05, 3.63) is 35.4 Å². The van der Waals surface area contributed by atoms with Gasteiger partial charge in [-0.1, -0.05) is 12.1 Å². The average molecular weight is 216 g/mol. The number of carbonyl (C=O) groups is 1. The van der Waals surface area contributed by atoms with E-state index in [1.807, 2.05) is 0 Å². The quantitative estimate of drug-likeness (QED) is 0.783. The summed E-state index contributed by atoms with van der Waals surface area (Å²) in [6.45, 7) is 0. The minimum absolute atomic E-state index is 0.0673. The van der Waals surface area contributed by atoms with Crippen molar-refractivity contribution in [3.8, 4) is 0 Å². The molecule has 3 nitrogen and oxygen atoms in total. The van der Waals surface area contributed by atoms with Crippen LogP contribution in [0, 0.1) is 0 Å². The predicted molar refractivity (Wildman–Crippen MR) is 48.7 cm³/mol. The van der Waals surface area contributed by atoms with E-state index in [1.165, 1.54) is 31.4 Å². The van der Waals surface area contributed by atoms with Crippen molar-refractivity contribution in [1.82, 2.24) is 0 Å². The highest BCUT2D eigenvalue weighted by Crippen LogP contribution is 2.20. The van der Waals surface area contributed by atoms with Crippen molar-refractivity contribution < 1.29 is 23.4 Å². The number of carbonyl (C=O) groups excluding carboxylic acids is 1. The molecule has 0 aliphatic carbocycles. The van der Waals surface area contributed by atoms with E-state index in [-0.39, 0.29) is 11.1 Å². The molecule has 5 heteroatoms. The number of rotatable bonds is 3. The topological polar surface area (TPSA) is 46.5 Å². The van der Waals surface area contributed by atoms with E-state index in [2.05, 4.69) is 4.74 Å². The SMILES string of the molecule is COC(=O)c1ccc([C@H](O)C(F)F)cc1. The Balaban J connectivity index is 2.85. The maximum Gasteiger partial charge on any atom is 0.337 e. The number of aliphatic hydroxyl groups is 1. The lowest BCUT2D eigenvalue weighted by molar-refractivity contribution is -0.00578. The number of halogens is 2. The molecule has 0 saturated carbocycles. The zero-order chi connectivity index (χ0) is 11.4. The summed E-state index contributed by atoms with van der Waals surface area (Å²) in [5.41, 5.74) is 0.320. The Hall–Kier alpha value is -1.49. The molecule has 0 unspecified atom stereocenters. The van der Waals surface area contributed by atoms with Crippen LogP contribution in [0.2, 0.25) is 0 Å². The molecule has 0 aliphatic rings. The van der Waals surface area contributed by atoms with Crippen molar-refractivity contribution in [2.24, 2.45) is 0 Å². The van der Waals surface area contributed by atoms with Crippen molar-refractivity contribution in [2.75, 3.05) is 7.11 Å². The third kappa shape index (κ3) is 2.73. The molecule has 82 valence electrons. The first kappa shape index (κ1) is 11.6. The molecule has 0 amide bonds. The molecule has 1 aromatic carbocycles. The molecule has 1 N–H and O–H groups in total. The Labute approximate surface area is 85.3 Å². The van der Waals surface area contributed by atoms with Crippen molar-refractivity contribution in [3.63, 3.8) is 0 Å². The molecule has 0 radical (unpaired) electrons. The molecule has 15 heavy (non-hydrogen) atoms. The molecule has 0 aromatic heterocycles. The summed E-state index contributed by atoms with van der Waals surface area (Å²) in [4.78, 5) is 11.0. The Morgan fingerprint density at radius 3 is 2.27 bits per heavy atom. The van der Waals surface area contributed by atoms with Crippen LogP contribution in [-0.4, -0.2) is 24.6 Å². The van der Waals surface area contributed by atoms with E-state index in [9.17, 15) is 13.6 Å². The van der Waals surface area contributed by atoms with Gasteiger partial charge in [0, 0.05) is 0 Å². The fraction of sp³-hybridized carbons (Fsp3) is 0.300. The van der Waals surface area contributed by atoms with Crippen LogP contribution in [0.25, 0.3) is 0 Å². The second kappa shape index (κ2) is 4.84. The minimum Gasteiger partial charge on any atom is -0.465 e. The molecular formula is C10H10F2O3. The number of alkyl halides is 2. The van der Waals surface area contributed by atoms with Crippen LogP contribution >= 0.6 is 0 Å². The van der Waals surface area contributed by atoms with Gasteiger partial charge in [-0.3, -0.25) is 0 Å². The summed E-state index contributed by atoms with van der Waals surface area (Å²) >= 11 is 0. The highest BCUT2D eigenvalue weighted by atomic mass is 19.3. The first-order valence-corrected chi connectivity index (χ1v) is 4.20. The van der Waals surface area contributed by atoms with Gasteiger partial charge in [-0.05, 0) is 17.7 Å². The number of ether oxygens (including phenoxy) is 1. The number of hydrogen-bond acceptors (Lipinski definition) is 3. The smallest absolute Gasteiger partial charge is 0.337 e. The van der Waals surface area contributed by atoms with Gasteiger partial charge in [-0.15, -0.1) is 0 Å². The molecule has 0 aliphatic heterocycles. The zero-order valence-corrected chi connectivity index (χ0v) is 7.98. The van der Waals surface area contributed by atoms with E-state index in [0.29, 0.717) is 0 Å². The van der Waals surface area contributed by atoms with Crippen molar-refractivity contribution >= 4 is 5.97 Å². The highest BCUT2D eigenvalue weighted by molar-refractivity contribution is 5.89. The standard InChI is InChI=1S/C10H10F2O3/c1-15-10(14)7-4-2-6(3-5-7)8(13)9(11)12/h2-5,8-9,13H,1H3/t8-/m0/s1. The fourth-order valence-corrected chi connectivity index (χ4v) is 1.08. The molecular weight excluding hydrogens is 206 g/mol. The molecule has 1 aromatic rings. The van der Waals surface area contributed by atoms with Gasteiger partial charge >= 0.3 is 5.97 Å². The predicted octanol–water partition coefficient (Wildman–Crippen LogP) is 1.77. The minimum atomic E-state index is -2.84. The molecule has 0 spiro atoms. The molecule has 0 bridgehead atoms. The summed E-state index contributed by atoms with van der Waals surface area (Å²) in [5.74, 6) is -0.548. The molecule has 1 rings (SSSR count). The van der Waals surface area contributed by atoms with Crippen LogP contribution in [0.15, 0.2) is 24.3 Å². The van der Waals surface area contributed by atoms with Crippen LogP contribution < -0.4 is 0 Å². The molecule has 0 saturated heterocycles. The summed E-state index contributed by atoms with van der Waals surface area (Å²) in [7, 11) is 1.23. The Bertz CT molecular complexity index is 335. The lowest BCUT2D eigenvalue weighted by Gasteiger charge is -2.09. The lowest BCUT2D eigenvalue weighted by atomic mass is 10.1. The van der Waals surface area contributed by atoms with Crippen LogP contribution in [0.3, 0.4) is 0 Å². The van der Waals surface area contributed by atoms with E-state index in [0.717, 1.165) is 0 Å². The largest absolute Gasteiger partial charge is 0.465 e. The first-order chi connectivity index (χ1) is 7.06. The molecule has 0 fully saturated rings.